The average Bonchev–Trinajstić information content (AvgIpc) is 2.01. The van der Waals surface area contributed by atoms with Crippen LogP contribution in [0.15, 0.2) is 12.1 Å². The predicted octanol–water partition coefficient (Wildman–Crippen LogP) is 2.45. The van der Waals surface area contributed by atoms with Crippen molar-refractivity contribution >= 4 is 17.6 Å². The van der Waals surface area contributed by atoms with Crippen molar-refractivity contribution in [1.82, 2.24) is 4.98 Å². The van der Waals surface area contributed by atoms with Crippen molar-refractivity contribution in [2.75, 3.05) is 0 Å². The van der Waals surface area contributed by atoms with Crippen LogP contribution in [-0.2, 0) is 6.18 Å². The molecule has 1 aromatic rings. The van der Waals surface area contributed by atoms with Crippen LogP contribution in [0.3, 0.4) is 0 Å². The summed E-state index contributed by atoms with van der Waals surface area (Å²) in [5.74, 6) is -1.76. The monoisotopic (exact) mass is 225 g/mol. The third kappa shape index (κ3) is 2.14. The zero-order valence-corrected chi connectivity index (χ0v) is 7.23. The number of alkyl halides is 3. The molecule has 0 saturated carbocycles. The van der Waals surface area contributed by atoms with Crippen molar-refractivity contribution in [1.29, 1.82) is 0 Å². The van der Waals surface area contributed by atoms with Gasteiger partial charge in [0.2, 0.25) is 0 Å². The summed E-state index contributed by atoms with van der Waals surface area (Å²) in [6, 6.07) is 1.47. The SMILES string of the molecule is O=C(O)c1nc(Cl)ccc1C(F)(F)F. The van der Waals surface area contributed by atoms with E-state index >= 15 is 0 Å². The van der Waals surface area contributed by atoms with Gasteiger partial charge in [-0.25, -0.2) is 9.78 Å². The molecule has 0 radical (unpaired) electrons. The maximum absolute atomic E-state index is 12.2. The number of halogens is 4. The number of hydrogen-bond acceptors (Lipinski definition) is 2. The standard InChI is InChI=1S/C7H3ClF3NO2/c8-4-2-1-3(7(9,10)11)5(12-4)6(13)14/h1-2H,(H,13,14). The quantitative estimate of drug-likeness (QED) is 0.747. The average molecular weight is 226 g/mol. The summed E-state index contributed by atoms with van der Waals surface area (Å²) in [6.45, 7) is 0. The van der Waals surface area contributed by atoms with Crippen LogP contribution in [0.25, 0.3) is 0 Å². The second-order valence-corrected chi connectivity index (χ2v) is 2.72. The van der Waals surface area contributed by atoms with E-state index in [9.17, 15) is 18.0 Å². The lowest BCUT2D eigenvalue weighted by molar-refractivity contribution is -0.138. The van der Waals surface area contributed by atoms with E-state index in [1.165, 1.54) is 0 Å². The molecule has 0 fully saturated rings. The van der Waals surface area contributed by atoms with E-state index in [1.807, 2.05) is 0 Å². The molecule has 7 heteroatoms. The summed E-state index contributed by atoms with van der Waals surface area (Å²) in [5, 5.41) is 8.14. The fourth-order valence-corrected chi connectivity index (χ4v) is 0.975. The molecule has 0 aliphatic rings. The number of nitrogens with zero attached hydrogens (tertiary/aromatic N) is 1. The number of pyridine rings is 1. The Kier molecular flexibility index (Phi) is 2.66. The summed E-state index contributed by atoms with van der Waals surface area (Å²) in [7, 11) is 0. The molecule has 0 aliphatic carbocycles. The molecule has 76 valence electrons. The Hall–Kier alpha value is -1.30. The maximum atomic E-state index is 12.2. The molecule has 0 atom stereocenters. The van der Waals surface area contributed by atoms with E-state index in [0.717, 1.165) is 6.07 Å². The van der Waals surface area contributed by atoms with Crippen molar-refractivity contribution in [3.63, 3.8) is 0 Å². The predicted molar refractivity (Wildman–Crippen MR) is 41.2 cm³/mol. The van der Waals surface area contributed by atoms with Gasteiger partial charge >= 0.3 is 12.1 Å². The van der Waals surface area contributed by atoms with Crippen molar-refractivity contribution in [3.05, 3.63) is 28.5 Å². The minimum Gasteiger partial charge on any atom is -0.476 e. The summed E-state index contributed by atoms with van der Waals surface area (Å²) in [5.41, 5.74) is -2.40. The van der Waals surface area contributed by atoms with Gasteiger partial charge < -0.3 is 5.11 Å². The first-order chi connectivity index (χ1) is 6.32. The van der Waals surface area contributed by atoms with E-state index in [-0.39, 0.29) is 5.15 Å². The van der Waals surface area contributed by atoms with Gasteiger partial charge in [-0.2, -0.15) is 13.2 Å². The number of carbonyl (C=O) groups is 1. The van der Waals surface area contributed by atoms with Gasteiger partial charge in [0.05, 0.1) is 5.56 Å². The largest absolute Gasteiger partial charge is 0.476 e. The molecule has 0 aromatic carbocycles. The smallest absolute Gasteiger partial charge is 0.418 e. The van der Waals surface area contributed by atoms with Gasteiger partial charge in [-0.15, -0.1) is 0 Å². The van der Waals surface area contributed by atoms with Gasteiger partial charge in [0, 0.05) is 0 Å². The van der Waals surface area contributed by atoms with E-state index in [4.69, 9.17) is 16.7 Å². The lowest BCUT2D eigenvalue weighted by atomic mass is 10.2. The van der Waals surface area contributed by atoms with Crippen molar-refractivity contribution < 1.29 is 23.1 Å². The number of carboxylic acid groups (broad SMARTS) is 1. The number of hydrogen-bond donors (Lipinski definition) is 1. The maximum Gasteiger partial charge on any atom is 0.418 e. The summed E-state index contributed by atoms with van der Waals surface area (Å²) >= 11 is 5.27. The van der Waals surface area contributed by atoms with Crippen LogP contribution in [0.2, 0.25) is 5.15 Å². The highest BCUT2D eigenvalue weighted by Gasteiger charge is 2.36. The first-order valence-electron chi connectivity index (χ1n) is 3.29. The van der Waals surface area contributed by atoms with Gasteiger partial charge in [0.1, 0.15) is 5.15 Å². The number of aromatic nitrogens is 1. The minimum atomic E-state index is -4.74. The Morgan fingerprint density at radius 3 is 2.43 bits per heavy atom. The van der Waals surface area contributed by atoms with Gasteiger partial charge in [-0.05, 0) is 12.1 Å². The van der Waals surface area contributed by atoms with Gasteiger partial charge in [0.15, 0.2) is 5.69 Å². The number of aromatic carboxylic acids is 1. The summed E-state index contributed by atoms with van der Waals surface area (Å²) in [6.07, 6.45) is -4.74. The third-order valence-corrected chi connectivity index (χ3v) is 1.58. The lowest BCUT2D eigenvalue weighted by Crippen LogP contribution is -2.14. The van der Waals surface area contributed by atoms with E-state index < -0.39 is 23.4 Å². The molecule has 1 aromatic heterocycles. The highest BCUT2D eigenvalue weighted by atomic mass is 35.5. The molecule has 0 aliphatic heterocycles. The minimum absolute atomic E-state index is 0.296. The molecule has 0 spiro atoms. The first kappa shape index (κ1) is 10.8. The van der Waals surface area contributed by atoms with E-state index in [0.29, 0.717) is 6.07 Å². The fraction of sp³-hybridized carbons (Fsp3) is 0.143. The van der Waals surface area contributed by atoms with Crippen molar-refractivity contribution in [2.45, 2.75) is 6.18 Å². The second kappa shape index (κ2) is 3.45. The van der Waals surface area contributed by atoms with Crippen LogP contribution < -0.4 is 0 Å². The Labute approximate surface area is 81.1 Å². The first-order valence-corrected chi connectivity index (χ1v) is 3.67. The normalized spacial score (nSPS) is 11.4. The molecule has 0 bridgehead atoms. The lowest BCUT2D eigenvalue weighted by Gasteiger charge is -2.08. The van der Waals surface area contributed by atoms with Gasteiger partial charge in [0.25, 0.3) is 0 Å². The number of rotatable bonds is 1. The highest BCUT2D eigenvalue weighted by molar-refractivity contribution is 6.29. The Morgan fingerprint density at radius 1 is 1.43 bits per heavy atom. The van der Waals surface area contributed by atoms with E-state index in [1.54, 1.807) is 0 Å². The van der Waals surface area contributed by atoms with Gasteiger partial charge in [-0.3, -0.25) is 0 Å². The molecule has 1 heterocycles. The molecule has 14 heavy (non-hydrogen) atoms. The molecular weight excluding hydrogens is 223 g/mol. The van der Waals surface area contributed by atoms with Crippen LogP contribution in [0.5, 0.6) is 0 Å². The molecule has 1 N–H and O–H groups in total. The summed E-state index contributed by atoms with van der Waals surface area (Å²) in [4.78, 5) is 13.5. The zero-order valence-electron chi connectivity index (χ0n) is 6.47. The second-order valence-electron chi connectivity index (χ2n) is 2.33. The Bertz CT molecular complexity index is 378. The zero-order chi connectivity index (χ0) is 10.9. The number of carboxylic acids is 1. The molecule has 0 saturated heterocycles. The van der Waals surface area contributed by atoms with Crippen LogP contribution in [0.1, 0.15) is 16.1 Å². The molecule has 0 unspecified atom stereocenters. The molecule has 3 nitrogen and oxygen atoms in total. The van der Waals surface area contributed by atoms with Crippen molar-refractivity contribution in [3.8, 4) is 0 Å². The topological polar surface area (TPSA) is 50.2 Å². The van der Waals surface area contributed by atoms with Crippen LogP contribution in [0, 0.1) is 0 Å². The fourth-order valence-electron chi connectivity index (χ4n) is 0.827. The summed E-state index contributed by atoms with van der Waals surface area (Å²) < 4.78 is 36.6. The van der Waals surface area contributed by atoms with Gasteiger partial charge in [-0.1, -0.05) is 11.6 Å². The van der Waals surface area contributed by atoms with E-state index in [2.05, 4.69) is 4.98 Å². The highest BCUT2D eigenvalue weighted by Crippen LogP contribution is 2.31. The third-order valence-electron chi connectivity index (χ3n) is 1.37. The Balaban J connectivity index is 3.37. The van der Waals surface area contributed by atoms with Crippen LogP contribution in [-0.4, -0.2) is 16.1 Å². The molecule has 0 amide bonds. The Morgan fingerprint density at radius 2 is 2.00 bits per heavy atom. The van der Waals surface area contributed by atoms with Crippen LogP contribution >= 0.6 is 11.6 Å². The molecule has 1 rings (SSSR count). The van der Waals surface area contributed by atoms with Crippen LogP contribution in [0.4, 0.5) is 13.2 Å². The molecular formula is C7H3ClF3NO2. The van der Waals surface area contributed by atoms with Crippen molar-refractivity contribution in [2.24, 2.45) is 0 Å².